The Bertz CT molecular complexity index is 1570. The van der Waals surface area contributed by atoms with Gasteiger partial charge in [-0.2, -0.15) is 0 Å². The smallest absolute Gasteiger partial charge is 0.216 e. The van der Waals surface area contributed by atoms with Gasteiger partial charge in [0.25, 0.3) is 0 Å². The summed E-state index contributed by atoms with van der Waals surface area (Å²) < 4.78 is 8.69. The predicted octanol–water partition coefficient (Wildman–Crippen LogP) is 6.69. The molecule has 2 aromatic heterocycles. The minimum atomic E-state index is 0.933. The van der Waals surface area contributed by atoms with Crippen LogP contribution in [0.1, 0.15) is 5.56 Å². The first kappa shape index (κ1) is 16.3. The van der Waals surface area contributed by atoms with Crippen LogP contribution in [0.15, 0.2) is 89.5 Å². The average molecular weight is 374 g/mol. The summed E-state index contributed by atoms with van der Waals surface area (Å²) in [5.74, 6) is 0. The summed E-state index contributed by atoms with van der Waals surface area (Å²) in [5, 5.41) is 7.46. The van der Waals surface area contributed by atoms with Crippen LogP contribution in [0.25, 0.3) is 54.7 Å². The first-order valence-corrected chi connectivity index (χ1v) is 9.94. The third-order valence-electron chi connectivity index (χ3n) is 6.09. The van der Waals surface area contributed by atoms with Crippen molar-refractivity contribution in [3.8, 4) is 11.3 Å². The van der Waals surface area contributed by atoms with Gasteiger partial charge >= 0.3 is 0 Å². The highest BCUT2D eigenvalue weighted by atomic mass is 16.3. The Balaban J connectivity index is 1.97. The van der Waals surface area contributed by atoms with E-state index in [1.807, 2.05) is 6.07 Å². The molecule has 6 aromatic rings. The van der Waals surface area contributed by atoms with E-state index in [9.17, 15) is 0 Å². The van der Waals surface area contributed by atoms with Crippen molar-refractivity contribution in [2.24, 2.45) is 7.05 Å². The van der Waals surface area contributed by atoms with Crippen LogP contribution in [-0.2, 0) is 7.05 Å². The Morgan fingerprint density at radius 3 is 2.31 bits per heavy atom. The topological polar surface area (TPSA) is 17.0 Å². The minimum absolute atomic E-state index is 0.933. The second-order valence-electron chi connectivity index (χ2n) is 7.71. The molecule has 138 valence electrons. The van der Waals surface area contributed by atoms with Crippen molar-refractivity contribution < 1.29 is 8.98 Å². The van der Waals surface area contributed by atoms with Gasteiger partial charge in [-0.1, -0.05) is 54.6 Å². The number of hydrogen-bond acceptors (Lipinski definition) is 1. The number of aromatic nitrogens is 1. The molecule has 2 heteroatoms. The van der Waals surface area contributed by atoms with Crippen LogP contribution in [0.4, 0.5) is 0 Å². The normalized spacial score (nSPS) is 11.8. The maximum absolute atomic E-state index is 6.52. The molecule has 0 saturated heterocycles. The molecule has 0 N–H and O–H groups in total. The van der Waals surface area contributed by atoms with E-state index < -0.39 is 0 Å². The number of rotatable bonds is 1. The first-order valence-electron chi connectivity index (χ1n) is 9.94. The molecule has 0 atom stereocenters. The average Bonchev–Trinajstić information content (AvgIpc) is 3.13. The highest BCUT2D eigenvalue weighted by Gasteiger charge is 2.24. The standard InChI is InChI=1S/C27H20NO/c1-17-19-15-14-18-9-3-4-10-20(18)25(19)26-21-11-5-6-13-23(21)29-27(26)24(17)22-12-7-8-16-28(22)2/h3-16H,1-2H3/q+1. The monoisotopic (exact) mass is 374 g/mol. The van der Waals surface area contributed by atoms with Gasteiger partial charge in [-0.05, 0) is 40.8 Å². The lowest BCUT2D eigenvalue weighted by molar-refractivity contribution is -0.660. The zero-order valence-electron chi connectivity index (χ0n) is 16.4. The zero-order valence-corrected chi connectivity index (χ0v) is 16.4. The van der Waals surface area contributed by atoms with Crippen molar-refractivity contribution in [3.63, 3.8) is 0 Å². The Labute approximate surface area is 168 Å². The van der Waals surface area contributed by atoms with Crippen LogP contribution >= 0.6 is 0 Å². The largest absolute Gasteiger partial charge is 0.455 e. The van der Waals surface area contributed by atoms with Crippen molar-refractivity contribution in [1.29, 1.82) is 0 Å². The molecule has 6 rings (SSSR count). The van der Waals surface area contributed by atoms with Crippen molar-refractivity contribution in [3.05, 3.63) is 90.6 Å². The summed E-state index contributed by atoms with van der Waals surface area (Å²) in [5.41, 5.74) is 5.47. The van der Waals surface area contributed by atoms with Crippen molar-refractivity contribution in [1.82, 2.24) is 0 Å². The van der Waals surface area contributed by atoms with E-state index in [-0.39, 0.29) is 0 Å². The summed E-state index contributed by atoms with van der Waals surface area (Å²) in [4.78, 5) is 0. The van der Waals surface area contributed by atoms with Gasteiger partial charge in [-0.3, -0.25) is 0 Å². The Kier molecular flexibility index (Phi) is 3.33. The van der Waals surface area contributed by atoms with E-state index in [0.29, 0.717) is 0 Å². The summed E-state index contributed by atoms with van der Waals surface area (Å²) in [6.07, 6.45) is 2.09. The Morgan fingerprint density at radius 1 is 0.690 bits per heavy atom. The molecule has 4 aromatic carbocycles. The molecule has 0 aliphatic heterocycles. The zero-order chi connectivity index (χ0) is 19.5. The lowest BCUT2D eigenvalue weighted by Gasteiger charge is -2.12. The van der Waals surface area contributed by atoms with Gasteiger partial charge in [0, 0.05) is 28.3 Å². The van der Waals surface area contributed by atoms with Crippen LogP contribution in [-0.4, -0.2) is 0 Å². The number of aryl methyl sites for hydroxylation is 2. The molecule has 0 spiro atoms. The van der Waals surface area contributed by atoms with Gasteiger partial charge in [0.15, 0.2) is 6.20 Å². The predicted molar refractivity (Wildman–Crippen MR) is 120 cm³/mol. The van der Waals surface area contributed by atoms with Crippen LogP contribution < -0.4 is 4.57 Å². The van der Waals surface area contributed by atoms with Gasteiger partial charge in [0.05, 0.1) is 5.56 Å². The lowest BCUT2D eigenvalue weighted by Crippen LogP contribution is -2.30. The first-order chi connectivity index (χ1) is 14.2. The third-order valence-corrected chi connectivity index (χ3v) is 6.09. The molecule has 2 heterocycles. The number of para-hydroxylation sites is 1. The van der Waals surface area contributed by atoms with Crippen LogP contribution in [0, 0.1) is 6.92 Å². The molecule has 0 unspecified atom stereocenters. The van der Waals surface area contributed by atoms with Gasteiger partial charge in [-0.15, -0.1) is 0 Å². The number of benzene rings is 4. The number of hydrogen-bond donors (Lipinski definition) is 0. The van der Waals surface area contributed by atoms with Gasteiger partial charge < -0.3 is 4.42 Å². The van der Waals surface area contributed by atoms with Gasteiger partial charge in [0.2, 0.25) is 5.69 Å². The fourth-order valence-corrected chi connectivity index (χ4v) is 4.72. The molecule has 0 bridgehead atoms. The maximum atomic E-state index is 6.52. The van der Waals surface area contributed by atoms with Crippen LogP contribution in [0.3, 0.4) is 0 Å². The maximum Gasteiger partial charge on any atom is 0.216 e. The van der Waals surface area contributed by atoms with E-state index in [4.69, 9.17) is 4.42 Å². The van der Waals surface area contributed by atoms with Crippen molar-refractivity contribution in [2.75, 3.05) is 0 Å². The van der Waals surface area contributed by atoms with E-state index in [1.54, 1.807) is 0 Å². The van der Waals surface area contributed by atoms with Crippen molar-refractivity contribution in [2.45, 2.75) is 6.92 Å². The summed E-state index contributed by atoms with van der Waals surface area (Å²) >= 11 is 0. The van der Waals surface area contributed by atoms with E-state index >= 15 is 0 Å². The van der Waals surface area contributed by atoms with Crippen LogP contribution in [0.2, 0.25) is 0 Å². The van der Waals surface area contributed by atoms with Gasteiger partial charge in [0.1, 0.15) is 18.2 Å². The molecular formula is C27H20NO+. The second-order valence-corrected chi connectivity index (χ2v) is 7.71. The number of nitrogens with zero attached hydrogens (tertiary/aromatic N) is 1. The molecule has 29 heavy (non-hydrogen) atoms. The fourth-order valence-electron chi connectivity index (χ4n) is 4.72. The second kappa shape index (κ2) is 5.92. The van der Waals surface area contributed by atoms with E-state index in [2.05, 4.69) is 97.5 Å². The fraction of sp³-hybridized carbons (Fsp3) is 0.0741. The SMILES string of the molecule is Cc1c(-c2cccc[n+]2C)c2oc3ccccc3c2c2c1ccc1ccccc12. The number of pyridine rings is 1. The molecule has 2 nitrogen and oxygen atoms in total. The molecule has 0 aliphatic carbocycles. The third kappa shape index (κ3) is 2.20. The molecule has 0 fully saturated rings. The molecule has 0 aliphatic rings. The molecule has 0 saturated carbocycles. The molecular weight excluding hydrogens is 354 g/mol. The number of furan rings is 1. The lowest BCUT2D eigenvalue weighted by atomic mass is 9.90. The number of fused-ring (bicyclic) bond motifs is 7. The summed E-state index contributed by atoms with van der Waals surface area (Å²) in [6, 6.07) is 27.8. The minimum Gasteiger partial charge on any atom is -0.455 e. The van der Waals surface area contributed by atoms with E-state index in [1.165, 1.54) is 43.4 Å². The highest BCUT2D eigenvalue weighted by Crippen LogP contribution is 2.44. The molecule has 0 radical (unpaired) electrons. The van der Waals surface area contributed by atoms with Crippen molar-refractivity contribution >= 4 is 43.5 Å². The highest BCUT2D eigenvalue weighted by molar-refractivity contribution is 6.29. The van der Waals surface area contributed by atoms with E-state index in [0.717, 1.165) is 16.9 Å². The van der Waals surface area contributed by atoms with Gasteiger partial charge in [-0.25, -0.2) is 4.57 Å². The summed E-state index contributed by atoms with van der Waals surface area (Å²) in [7, 11) is 2.09. The summed E-state index contributed by atoms with van der Waals surface area (Å²) in [6.45, 7) is 2.21. The Hall–Kier alpha value is -3.65. The molecule has 0 amide bonds. The van der Waals surface area contributed by atoms with Crippen LogP contribution in [0.5, 0.6) is 0 Å². The Morgan fingerprint density at radius 2 is 1.45 bits per heavy atom. The quantitative estimate of drug-likeness (QED) is 0.231.